The van der Waals surface area contributed by atoms with Gasteiger partial charge in [0.05, 0.1) is 11.1 Å². The molecule has 0 saturated heterocycles. The van der Waals surface area contributed by atoms with Crippen LogP contribution in [0.1, 0.15) is 26.3 Å². The normalized spacial score (nSPS) is 11.1. The first-order chi connectivity index (χ1) is 15.4. The highest BCUT2D eigenvalue weighted by Crippen LogP contribution is 2.20. The predicted octanol–water partition coefficient (Wildman–Crippen LogP) is 0.260. The Morgan fingerprint density at radius 2 is 1.76 bits per heavy atom. The minimum absolute atomic E-state index is 0.0641. The maximum Gasteiger partial charge on any atom is 0.343 e. The lowest BCUT2D eigenvalue weighted by Gasteiger charge is -2.16. The second kappa shape index (κ2) is 10.5. The monoisotopic (exact) mass is 479 g/mol. The average Bonchev–Trinajstić information content (AvgIpc) is 2.72. The SMILES string of the molecule is CN(CC(=O)O)S(=O)(=O)NCc1ccc(OC(=O)c2ccc(NC(=N)N)cc2)cc1C(=O)O. The zero-order chi connectivity index (χ0) is 24.8. The zero-order valence-electron chi connectivity index (χ0n) is 17.2. The molecule has 13 nitrogen and oxygen atoms in total. The quantitative estimate of drug-likeness (QED) is 0.118. The van der Waals surface area contributed by atoms with Gasteiger partial charge in [0.15, 0.2) is 5.96 Å². The number of likely N-dealkylation sites (N-methyl/N-ethyl adjacent to an activating group) is 1. The summed E-state index contributed by atoms with van der Waals surface area (Å²) in [5.41, 5.74) is 5.60. The van der Waals surface area contributed by atoms with Gasteiger partial charge in [-0.1, -0.05) is 6.07 Å². The average molecular weight is 479 g/mol. The third-order valence-corrected chi connectivity index (χ3v) is 5.59. The minimum atomic E-state index is -4.17. The number of hydrogen-bond acceptors (Lipinski definition) is 7. The lowest BCUT2D eigenvalue weighted by atomic mass is 10.1. The molecule has 14 heteroatoms. The summed E-state index contributed by atoms with van der Waals surface area (Å²) in [7, 11) is -3.12. The molecule has 0 unspecified atom stereocenters. The molecule has 7 N–H and O–H groups in total. The fourth-order valence-electron chi connectivity index (χ4n) is 2.54. The molecule has 0 saturated carbocycles. The Kier molecular flexibility index (Phi) is 8.06. The smallest absolute Gasteiger partial charge is 0.343 e. The van der Waals surface area contributed by atoms with E-state index in [1.165, 1.54) is 36.4 Å². The van der Waals surface area contributed by atoms with Gasteiger partial charge in [-0.25, -0.2) is 9.59 Å². The molecule has 2 rings (SSSR count). The molecule has 0 aliphatic rings. The molecule has 0 heterocycles. The van der Waals surface area contributed by atoms with Crippen LogP contribution in [-0.4, -0.2) is 60.4 Å². The van der Waals surface area contributed by atoms with Gasteiger partial charge in [0.25, 0.3) is 10.2 Å². The molecular weight excluding hydrogens is 458 g/mol. The zero-order valence-corrected chi connectivity index (χ0v) is 18.0. The van der Waals surface area contributed by atoms with Crippen molar-refractivity contribution in [3.8, 4) is 5.75 Å². The van der Waals surface area contributed by atoms with Crippen molar-refractivity contribution >= 4 is 39.8 Å². The fourth-order valence-corrected chi connectivity index (χ4v) is 3.38. The molecule has 0 atom stereocenters. The van der Waals surface area contributed by atoms with Crippen LogP contribution >= 0.6 is 0 Å². The number of benzene rings is 2. The number of esters is 1. The molecule has 176 valence electrons. The maximum absolute atomic E-state index is 12.3. The second-order valence-electron chi connectivity index (χ2n) is 6.61. The van der Waals surface area contributed by atoms with Crippen molar-refractivity contribution in [3.05, 3.63) is 59.2 Å². The van der Waals surface area contributed by atoms with Crippen LogP contribution in [0.25, 0.3) is 0 Å². The van der Waals surface area contributed by atoms with Gasteiger partial charge in [-0.05, 0) is 42.0 Å². The Morgan fingerprint density at radius 3 is 2.30 bits per heavy atom. The van der Waals surface area contributed by atoms with E-state index in [4.69, 9.17) is 21.0 Å². The molecule has 2 aromatic rings. The van der Waals surface area contributed by atoms with Crippen LogP contribution < -0.4 is 20.5 Å². The van der Waals surface area contributed by atoms with Crippen LogP contribution in [0, 0.1) is 5.41 Å². The Labute approximate surface area is 188 Å². The van der Waals surface area contributed by atoms with Gasteiger partial charge < -0.3 is 26.0 Å². The number of carboxylic acids is 2. The van der Waals surface area contributed by atoms with Crippen LogP contribution in [0.2, 0.25) is 0 Å². The van der Waals surface area contributed by atoms with E-state index in [2.05, 4.69) is 10.0 Å². The number of hydrogen-bond donors (Lipinski definition) is 6. The standard InChI is InChI=1S/C19H21N5O8S/c1-24(10-16(25)26)33(30,31)22-9-12-4-7-14(8-15(12)17(27)28)32-18(29)11-2-5-13(6-3-11)23-19(20)21/h2-8,22H,9-10H2,1H3,(H,25,26)(H,27,28)(H4,20,21,23). The summed E-state index contributed by atoms with van der Waals surface area (Å²) in [5, 5.41) is 27.9. The summed E-state index contributed by atoms with van der Waals surface area (Å²) >= 11 is 0. The summed E-state index contributed by atoms with van der Waals surface area (Å²) in [5.74, 6) is -3.88. The molecule has 2 aromatic carbocycles. The highest BCUT2D eigenvalue weighted by molar-refractivity contribution is 7.87. The molecule has 0 spiro atoms. The van der Waals surface area contributed by atoms with Crippen molar-refractivity contribution in [2.75, 3.05) is 18.9 Å². The molecule has 0 aromatic heterocycles. The summed E-state index contributed by atoms with van der Waals surface area (Å²) in [6.07, 6.45) is 0. The van der Waals surface area contributed by atoms with Gasteiger partial charge in [-0.2, -0.15) is 17.4 Å². The van der Waals surface area contributed by atoms with E-state index in [-0.39, 0.29) is 28.4 Å². The summed E-state index contributed by atoms with van der Waals surface area (Å²) < 4.78 is 32.0. The highest BCUT2D eigenvalue weighted by Gasteiger charge is 2.21. The Balaban J connectivity index is 2.14. The van der Waals surface area contributed by atoms with Crippen molar-refractivity contribution in [3.63, 3.8) is 0 Å². The number of aliphatic carboxylic acids is 1. The lowest BCUT2D eigenvalue weighted by Crippen LogP contribution is -2.40. The number of nitrogens with two attached hydrogens (primary N) is 1. The van der Waals surface area contributed by atoms with Gasteiger partial charge in [0.2, 0.25) is 0 Å². The van der Waals surface area contributed by atoms with Crippen molar-refractivity contribution in [2.45, 2.75) is 6.54 Å². The Bertz CT molecular complexity index is 1180. The molecule has 0 fully saturated rings. The summed E-state index contributed by atoms with van der Waals surface area (Å²) in [6.45, 7) is -1.21. The Morgan fingerprint density at radius 1 is 1.12 bits per heavy atom. The van der Waals surface area contributed by atoms with Gasteiger partial charge >= 0.3 is 17.9 Å². The number of guanidine groups is 1. The van der Waals surface area contributed by atoms with Crippen LogP contribution in [0.5, 0.6) is 5.75 Å². The first-order valence-electron chi connectivity index (χ1n) is 9.11. The van der Waals surface area contributed by atoms with Crippen molar-refractivity contribution in [1.82, 2.24) is 9.03 Å². The predicted molar refractivity (Wildman–Crippen MR) is 116 cm³/mol. The van der Waals surface area contributed by atoms with E-state index in [0.717, 1.165) is 13.1 Å². The fraction of sp³-hybridized carbons (Fsp3) is 0.158. The highest BCUT2D eigenvalue weighted by atomic mass is 32.2. The van der Waals surface area contributed by atoms with Gasteiger partial charge in [-0.15, -0.1) is 0 Å². The minimum Gasteiger partial charge on any atom is -0.480 e. The van der Waals surface area contributed by atoms with Crippen LogP contribution in [0.4, 0.5) is 5.69 Å². The number of rotatable bonds is 10. The van der Waals surface area contributed by atoms with E-state index in [1.807, 2.05) is 0 Å². The van der Waals surface area contributed by atoms with Crippen LogP contribution in [-0.2, 0) is 21.5 Å². The van der Waals surface area contributed by atoms with Crippen LogP contribution in [0.15, 0.2) is 42.5 Å². The molecule has 33 heavy (non-hydrogen) atoms. The van der Waals surface area contributed by atoms with Crippen molar-refractivity contribution in [2.24, 2.45) is 5.73 Å². The number of carbonyl (C=O) groups is 3. The molecule has 0 aliphatic heterocycles. The van der Waals surface area contributed by atoms with E-state index in [1.54, 1.807) is 0 Å². The second-order valence-corrected chi connectivity index (χ2v) is 8.47. The van der Waals surface area contributed by atoms with E-state index in [9.17, 15) is 27.9 Å². The largest absolute Gasteiger partial charge is 0.480 e. The number of nitrogens with one attached hydrogen (secondary N) is 3. The van der Waals surface area contributed by atoms with E-state index in [0.29, 0.717) is 9.99 Å². The number of ether oxygens (including phenoxy) is 1. The number of anilines is 1. The molecule has 0 amide bonds. The first-order valence-corrected chi connectivity index (χ1v) is 10.6. The van der Waals surface area contributed by atoms with Gasteiger partial charge in [-0.3, -0.25) is 10.2 Å². The summed E-state index contributed by atoms with van der Waals surface area (Å²) in [6, 6.07) is 9.46. The van der Waals surface area contributed by atoms with E-state index < -0.39 is 41.2 Å². The molecule has 0 bridgehead atoms. The molecule has 0 radical (unpaired) electrons. The third kappa shape index (κ3) is 7.27. The first kappa shape index (κ1) is 25.3. The number of nitrogens with zero attached hydrogens (tertiary/aromatic N) is 1. The number of aromatic carboxylic acids is 1. The van der Waals surface area contributed by atoms with Crippen molar-refractivity contribution in [1.29, 1.82) is 5.41 Å². The van der Waals surface area contributed by atoms with Gasteiger partial charge in [0, 0.05) is 19.3 Å². The number of carbonyl (C=O) groups excluding carboxylic acids is 1. The van der Waals surface area contributed by atoms with Crippen molar-refractivity contribution < 1.29 is 37.8 Å². The molecule has 0 aliphatic carbocycles. The topological polar surface area (TPSA) is 212 Å². The maximum atomic E-state index is 12.3. The number of carboxylic acid groups (broad SMARTS) is 2. The summed E-state index contributed by atoms with van der Waals surface area (Å²) in [4.78, 5) is 34.6. The lowest BCUT2D eigenvalue weighted by molar-refractivity contribution is -0.137. The Hall–Kier alpha value is -4.01. The molecular formula is C19H21N5O8S. The van der Waals surface area contributed by atoms with E-state index >= 15 is 0 Å². The van der Waals surface area contributed by atoms with Gasteiger partial charge in [0.1, 0.15) is 12.3 Å². The third-order valence-electron chi connectivity index (χ3n) is 4.14. The van der Waals surface area contributed by atoms with Crippen LogP contribution in [0.3, 0.4) is 0 Å².